The van der Waals surface area contributed by atoms with Crippen LogP contribution in [0.4, 0.5) is 0 Å². The highest BCUT2D eigenvalue weighted by Gasteiger charge is 2.34. The molecule has 2 fully saturated rings. The van der Waals surface area contributed by atoms with Gasteiger partial charge in [-0.05, 0) is 89.7 Å². The minimum atomic E-state index is -0.694. The summed E-state index contributed by atoms with van der Waals surface area (Å²) in [6, 6.07) is 9.11. The van der Waals surface area contributed by atoms with Gasteiger partial charge >= 0.3 is 11.9 Å². The first kappa shape index (κ1) is 31.4. The minimum Gasteiger partial charge on any atom is -0.481 e. The SMILES string of the molecule is CCCC(C)(CCCC1CCCC(c2ccccc2C2CCCC(CCCC(C)(C)C(=O)O)S2)S1)C(=O)O. The molecule has 6 heteroatoms. The van der Waals surface area contributed by atoms with E-state index < -0.39 is 22.8 Å². The standard InChI is InChI=1S/C32H50O4S2/c1-5-20-32(4,30(35)36)22-11-15-24-13-9-19-28(38-24)26-17-7-6-16-25(26)27-18-8-12-23(37-27)14-10-21-31(2,3)29(33)34/h6-7,16-17,23-24,27-28H,5,8-15,18-22H2,1-4H3,(H,33,34)(H,35,36). The average Bonchev–Trinajstić information content (AvgIpc) is 2.89. The van der Waals surface area contributed by atoms with Gasteiger partial charge in [0.2, 0.25) is 0 Å². The number of hydrogen-bond donors (Lipinski definition) is 2. The number of benzene rings is 1. The van der Waals surface area contributed by atoms with Crippen LogP contribution < -0.4 is 0 Å². The van der Waals surface area contributed by atoms with Crippen LogP contribution in [0.25, 0.3) is 0 Å². The Bertz CT molecular complexity index is 916. The monoisotopic (exact) mass is 562 g/mol. The summed E-state index contributed by atoms with van der Waals surface area (Å²) in [4.78, 5) is 23.3. The van der Waals surface area contributed by atoms with E-state index in [0.29, 0.717) is 21.0 Å². The van der Waals surface area contributed by atoms with E-state index in [1.54, 1.807) is 0 Å². The third kappa shape index (κ3) is 8.68. The second kappa shape index (κ2) is 14.5. The molecule has 5 atom stereocenters. The average molecular weight is 563 g/mol. The molecule has 4 nitrogen and oxygen atoms in total. The number of thioether (sulfide) groups is 2. The Morgan fingerprint density at radius 2 is 1.29 bits per heavy atom. The molecule has 0 aromatic heterocycles. The van der Waals surface area contributed by atoms with Crippen molar-refractivity contribution < 1.29 is 19.8 Å². The van der Waals surface area contributed by atoms with Gasteiger partial charge in [-0.3, -0.25) is 9.59 Å². The van der Waals surface area contributed by atoms with Gasteiger partial charge < -0.3 is 10.2 Å². The van der Waals surface area contributed by atoms with Crippen molar-refractivity contribution in [3.63, 3.8) is 0 Å². The Balaban J connectivity index is 1.58. The molecule has 0 bridgehead atoms. The van der Waals surface area contributed by atoms with E-state index in [1.807, 2.05) is 20.8 Å². The zero-order valence-corrected chi connectivity index (χ0v) is 25.7. The second-order valence-corrected chi connectivity index (χ2v) is 15.6. The Labute approximate surface area is 239 Å². The number of carboxylic acid groups (broad SMARTS) is 2. The van der Waals surface area contributed by atoms with Crippen LogP contribution in [0.5, 0.6) is 0 Å². The molecule has 2 aliphatic rings. The van der Waals surface area contributed by atoms with Crippen LogP contribution in [0.15, 0.2) is 24.3 Å². The summed E-state index contributed by atoms with van der Waals surface area (Å²) in [6.07, 6.45) is 14.8. The van der Waals surface area contributed by atoms with Crippen molar-refractivity contribution in [2.45, 2.75) is 139 Å². The summed E-state index contributed by atoms with van der Waals surface area (Å²) in [5.74, 6) is -1.34. The van der Waals surface area contributed by atoms with Crippen molar-refractivity contribution in [1.82, 2.24) is 0 Å². The van der Waals surface area contributed by atoms with Crippen LogP contribution in [0.2, 0.25) is 0 Å². The van der Waals surface area contributed by atoms with Crippen LogP contribution >= 0.6 is 23.5 Å². The fraction of sp³-hybridized carbons (Fsp3) is 0.750. The highest BCUT2D eigenvalue weighted by molar-refractivity contribution is 8.00. The zero-order valence-electron chi connectivity index (χ0n) is 24.0. The van der Waals surface area contributed by atoms with Crippen LogP contribution in [0, 0.1) is 10.8 Å². The number of rotatable bonds is 14. The fourth-order valence-corrected chi connectivity index (χ4v) is 9.74. The molecular weight excluding hydrogens is 512 g/mol. The molecule has 1 aromatic carbocycles. The molecule has 214 valence electrons. The zero-order chi connectivity index (χ0) is 27.8. The second-order valence-electron chi connectivity index (χ2n) is 12.6. The molecule has 2 N–H and O–H groups in total. The maximum Gasteiger partial charge on any atom is 0.309 e. The van der Waals surface area contributed by atoms with Crippen LogP contribution in [0.1, 0.15) is 139 Å². The number of hydrogen-bond acceptors (Lipinski definition) is 4. The Kier molecular flexibility index (Phi) is 12.0. The van der Waals surface area contributed by atoms with Gasteiger partial charge in [-0.25, -0.2) is 0 Å². The summed E-state index contributed by atoms with van der Waals surface area (Å²) >= 11 is 4.28. The lowest BCUT2D eigenvalue weighted by Gasteiger charge is -2.35. The molecule has 2 heterocycles. The van der Waals surface area contributed by atoms with Gasteiger partial charge in [0.1, 0.15) is 0 Å². The van der Waals surface area contributed by atoms with Gasteiger partial charge in [-0.15, -0.1) is 0 Å². The quantitative estimate of drug-likeness (QED) is 0.235. The fourth-order valence-electron chi connectivity index (χ4n) is 6.27. The third-order valence-electron chi connectivity index (χ3n) is 8.87. The molecule has 38 heavy (non-hydrogen) atoms. The lowest BCUT2D eigenvalue weighted by Crippen LogP contribution is -2.27. The maximum atomic E-state index is 11.8. The molecule has 2 aliphatic heterocycles. The lowest BCUT2D eigenvalue weighted by atomic mass is 9.80. The highest BCUT2D eigenvalue weighted by Crippen LogP contribution is 2.51. The largest absolute Gasteiger partial charge is 0.481 e. The molecule has 2 saturated heterocycles. The summed E-state index contributed by atoms with van der Waals surface area (Å²) in [5.41, 5.74) is 1.82. The molecule has 0 radical (unpaired) electrons. The minimum absolute atomic E-state index is 0.531. The smallest absolute Gasteiger partial charge is 0.309 e. The van der Waals surface area contributed by atoms with Gasteiger partial charge in [0, 0.05) is 21.0 Å². The predicted molar refractivity (Wildman–Crippen MR) is 162 cm³/mol. The molecule has 5 unspecified atom stereocenters. The van der Waals surface area contributed by atoms with Crippen molar-refractivity contribution in [3.8, 4) is 0 Å². The van der Waals surface area contributed by atoms with Gasteiger partial charge in [0.25, 0.3) is 0 Å². The van der Waals surface area contributed by atoms with Gasteiger partial charge in [-0.2, -0.15) is 23.5 Å². The first-order valence-corrected chi connectivity index (χ1v) is 16.8. The van der Waals surface area contributed by atoms with Crippen molar-refractivity contribution in [1.29, 1.82) is 0 Å². The van der Waals surface area contributed by atoms with Crippen molar-refractivity contribution in [2.75, 3.05) is 0 Å². The topological polar surface area (TPSA) is 74.6 Å². The van der Waals surface area contributed by atoms with Gasteiger partial charge in [0.05, 0.1) is 10.8 Å². The van der Waals surface area contributed by atoms with Crippen LogP contribution in [-0.4, -0.2) is 32.7 Å². The van der Waals surface area contributed by atoms with E-state index in [1.165, 1.54) is 49.7 Å². The number of carboxylic acids is 2. The summed E-state index contributed by atoms with van der Waals surface area (Å²) < 4.78 is 0. The lowest BCUT2D eigenvalue weighted by molar-refractivity contribution is -0.149. The molecular formula is C32H50O4S2. The first-order chi connectivity index (χ1) is 18.1. The van der Waals surface area contributed by atoms with Crippen LogP contribution in [-0.2, 0) is 9.59 Å². The molecule has 3 rings (SSSR count). The molecule has 0 saturated carbocycles. The summed E-state index contributed by atoms with van der Waals surface area (Å²) in [6.45, 7) is 7.68. The molecule has 0 spiro atoms. The highest BCUT2D eigenvalue weighted by atomic mass is 32.2. The van der Waals surface area contributed by atoms with E-state index in [-0.39, 0.29) is 0 Å². The molecule has 1 aromatic rings. The Morgan fingerprint density at radius 3 is 1.74 bits per heavy atom. The van der Waals surface area contributed by atoms with Crippen molar-refractivity contribution in [2.24, 2.45) is 10.8 Å². The van der Waals surface area contributed by atoms with Crippen molar-refractivity contribution in [3.05, 3.63) is 35.4 Å². The number of aliphatic carboxylic acids is 2. The Morgan fingerprint density at radius 1 is 0.789 bits per heavy atom. The third-order valence-corrected chi connectivity index (χ3v) is 12.2. The number of carbonyl (C=O) groups is 2. The van der Waals surface area contributed by atoms with Gasteiger partial charge in [0.15, 0.2) is 0 Å². The molecule has 0 amide bonds. The van der Waals surface area contributed by atoms with Crippen molar-refractivity contribution >= 4 is 35.5 Å². The van der Waals surface area contributed by atoms with E-state index >= 15 is 0 Å². The summed E-state index contributed by atoms with van der Waals surface area (Å²) in [7, 11) is 0. The molecule has 0 aliphatic carbocycles. The Hall–Kier alpha value is -1.14. The predicted octanol–water partition coefficient (Wildman–Crippen LogP) is 9.68. The van der Waals surface area contributed by atoms with E-state index in [0.717, 1.165) is 51.4 Å². The van der Waals surface area contributed by atoms with E-state index in [9.17, 15) is 19.8 Å². The maximum absolute atomic E-state index is 11.8. The van der Waals surface area contributed by atoms with E-state index in [4.69, 9.17) is 0 Å². The first-order valence-electron chi connectivity index (χ1n) is 14.9. The van der Waals surface area contributed by atoms with E-state index in [2.05, 4.69) is 54.7 Å². The normalized spacial score (nSPS) is 26.0. The van der Waals surface area contributed by atoms with Crippen LogP contribution in [0.3, 0.4) is 0 Å². The van der Waals surface area contributed by atoms with Gasteiger partial charge in [-0.1, -0.05) is 63.3 Å². The summed E-state index contributed by atoms with van der Waals surface area (Å²) in [5, 5.41) is 21.5.